The third kappa shape index (κ3) is 3.00. The van der Waals surface area contributed by atoms with Crippen LogP contribution in [0.15, 0.2) is 42.5 Å². The van der Waals surface area contributed by atoms with Crippen LogP contribution in [-0.2, 0) is 0 Å². The molecule has 4 nitrogen and oxygen atoms in total. The second-order valence-corrected chi connectivity index (χ2v) is 6.18. The van der Waals surface area contributed by atoms with Gasteiger partial charge in [-0.15, -0.1) is 11.3 Å². The van der Waals surface area contributed by atoms with Gasteiger partial charge in [-0.05, 0) is 42.5 Å². The van der Waals surface area contributed by atoms with Crippen molar-refractivity contribution in [3.63, 3.8) is 0 Å². The number of thiophene rings is 1. The number of anilines is 1. The van der Waals surface area contributed by atoms with Crippen LogP contribution < -0.4 is 10.1 Å². The highest BCUT2D eigenvalue weighted by Crippen LogP contribution is 2.37. The second-order valence-electron chi connectivity index (χ2n) is 4.75. The van der Waals surface area contributed by atoms with Crippen molar-refractivity contribution in [1.82, 2.24) is 0 Å². The van der Waals surface area contributed by atoms with E-state index in [2.05, 4.69) is 5.32 Å². The van der Waals surface area contributed by atoms with Crippen LogP contribution >= 0.6 is 22.9 Å². The molecule has 0 saturated carbocycles. The van der Waals surface area contributed by atoms with Crippen LogP contribution in [0.3, 0.4) is 0 Å². The van der Waals surface area contributed by atoms with Crippen LogP contribution in [0.1, 0.15) is 15.2 Å². The highest BCUT2D eigenvalue weighted by Gasteiger charge is 2.17. The SMILES string of the molecule is COc1ccc2c(Cl)c(C(=O)Nc3ccc(C#N)cc3)sc2c1. The van der Waals surface area contributed by atoms with Gasteiger partial charge in [-0.3, -0.25) is 4.79 Å². The zero-order valence-corrected chi connectivity index (χ0v) is 13.7. The smallest absolute Gasteiger partial charge is 0.267 e. The highest BCUT2D eigenvalue weighted by atomic mass is 35.5. The molecule has 0 saturated heterocycles. The summed E-state index contributed by atoms with van der Waals surface area (Å²) < 4.78 is 6.07. The third-order valence-corrected chi connectivity index (χ3v) is 4.97. The molecule has 0 aliphatic heterocycles. The lowest BCUT2D eigenvalue weighted by Gasteiger charge is -2.03. The summed E-state index contributed by atoms with van der Waals surface area (Å²) in [6.07, 6.45) is 0. The minimum Gasteiger partial charge on any atom is -0.497 e. The summed E-state index contributed by atoms with van der Waals surface area (Å²) in [5, 5.41) is 12.8. The van der Waals surface area contributed by atoms with Gasteiger partial charge in [-0.1, -0.05) is 11.6 Å². The molecule has 0 bridgehead atoms. The zero-order chi connectivity index (χ0) is 16.4. The molecule has 1 amide bonds. The molecule has 1 heterocycles. The monoisotopic (exact) mass is 342 g/mol. The van der Waals surface area contributed by atoms with Crippen LogP contribution in [0.2, 0.25) is 5.02 Å². The van der Waals surface area contributed by atoms with Gasteiger partial charge in [0.05, 0.1) is 23.8 Å². The first-order chi connectivity index (χ1) is 11.1. The Bertz CT molecular complexity index is 926. The quantitative estimate of drug-likeness (QED) is 0.751. The van der Waals surface area contributed by atoms with E-state index in [9.17, 15) is 4.79 Å². The number of fused-ring (bicyclic) bond motifs is 1. The number of nitrogens with zero attached hydrogens (tertiary/aromatic N) is 1. The van der Waals surface area contributed by atoms with E-state index >= 15 is 0 Å². The molecule has 3 aromatic rings. The van der Waals surface area contributed by atoms with E-state index in [-0.39, 0.29) is 5.91 Å². The van der Waals surface area contributed by atoms with Crippen molar-refractivity contribution >= 4 is 44.6 Å². The summed E-state index contributed by atoms with van der Waals surface area (Å²) in [6, 6.07) is 14.2. The summed E-state index contributed by atoms with van der Waals surface area (Å²) in [4.78, 5) is 12.9. The van der Waals surface area contributed by atoms with Gasteiger partial charge in [0.15, 0.2) is 0 Å². The molecule has 114 valence electrons. The van der Waals surface area contributed by atoms with E-state index in [1.54, 1.807) is 31.4 Å². The summed E-state index contributed by atoms with van der Waals surface area (Å²) in [5.41, 5.74) is 1.15. The Morgan fingerprint density at radius 3 is 2.65 bits per heavy atom. The minimum absolute atomic E-state index is 0.278. The first-order valence-electron chi connectivity index (χ1n) is 6.70. The van der Waals surface area contributed by atoms with Gasteiger partial charge >= 0.3 is 0 Å². The van der Waals surface area contributed by atoms with Crippen LogP contribution in [0.25, 0.3) is 10.1 Å². The van der Waals surface area contributed by atoms with E-state index in [4.69, 9.17) is 21.6 Å². The van der Waals surface area contributed by atoms with Gasteiger partial charge in [0.1, 0.15) is 10.6 Å². The highest BCUT2D eigenvalue weighted by molar-refractivity contribution is 7.21. The number of halogens is 1. The van der Waals surface area contributed by atoms with Gasteiger partial charge in [0.25, 0.3) is 5.91 Å². The van der Waals surface area contributed by atoms with Gasteiger partial charge in [-0.2, -0.15) is 5.26 Å². The molecule has 0 aliphatic rings. The third-order valence-electron chi connectivity index (χ3n) is 3.31. The molecule has 0 unspecified atom stereocenters. The van der Waals surface area contributed by atoms with Crippen molar-refractivity contribution in [1.29, 1.82) is 5.26 Å². The number of nitrogens with one attached hydrogen (secondary N) is 1. The normalized spacial score (nSPS) is 10.3. The van der Waals surface area contributed by atoms with Crippen molar-refractivity contribution in [3.05, 3.63) is 57.9 Å². The van der Waals surface area contributed by atoms with Crippen LogP contribution in [0, 0.1) is 11.3 Å². The predicted octanol–water partition coefficient (Wildman–Crippen LogP) is 4.69. The lowest BCUT2D eigenvalue weighted by Crippen LogP contribution is -2.10. The fourth-order valence-electron chi connectivity index (χ4n) is 2.13. The fourth-order valence-corrected chi connectivity index (χ4v) is 3.58. The van der Waals surface area contributed by atoms with Gasteiger partial charge in [0, 0.05) is 15.8 Å². The van der Waals surface area contributed by atoms with Crippen molar-refractivity contribution in [2.75, 3.05) is 12.4 Å². The summed E-state index contributed by atoms with van der Waals surface area (Å²) >= 11 is 7.64. The molecular formula is C17H11ClN2O2S. The lowest BCUT2D eigenvalue weighted by atomic mass is 10.2. The van der Waals surface area contributed by atoms with Crippen LogP contribution in [-0.4, -0.2) is 13.0 Å². The van der Waals surface area contributed by atoms with Crippen LogP contribution in [0.4, 0.5) is 5.69 Å². The molecule has 0 aliphatic carbocycles. The fraction of sp³-hybridized carbons (Fsp3) is 0.0588. The minimum atomic E-state index is -0.278. The van der Waals surface area contributed by atoms with Gasteiger partial charge < -0.3 is 10.1 Å². The molecule has 0 atom stereocenters. The maximum Gasteiger partial charge on any atom is 0.267 e. The summed E-state index contributed by atoms with van der Waals surface area (Å²) in [7, 11) is 1.59. The number of nitriles is 1. The van der Waals surface area contributed by atoms with Crippen molar-refractivity contribution in [2.24, 2.45) is 0 Å². The Balaban J connectivity index is 1.91. The Kier molecular flexibility index (Phi) is 4.20. The number of benzene rings is 2. The Morgan fingerprint density at radius 1 is 1.26 bits per heavy atom. The number of carbonyl (C=O) groups excluding carboxylic acids is 1. The Morgan fingerprint density at radius 2 is 2.00 bits per heavy atom. The molecule has 1 N–H and O–H groups in total. The number of ether oxygens (including phenoxy) is 1. The molecule has 0 spiro atoms. The zero-order valence-electron chi connectivity index (χ0n) is 12.1. The van der Waals surface area contributed by atoms with Crippen LogP contribution in [0.5, 0.6) is 5.75 Å². The number of amides is 1. The average molecular weight is 343 g/mol. The Hall–Kier alpha value is -2.55. The summed E-state index contributed by atoms with van der Waals surface area (Å²) in [5.74, 6) is 0.439. The molecule has 0 fully saturated rings. The van der Waals surface area contributed by atoms with E-state index in [0.717, 1.165) is 15.8 Å². The van der Waals surface area contributed by atoms with E-state index in [1.807, 2.05) is 24.3 Å². The molecule has 2 aromatic carbocycles. The average Bonchev–Trinajstić information content (AvgIpc) is 2.92. The van der Waals surface area contributed by atoms with Gasteiger partial charge in [-0.25, -0.2) is 0 Å². The topological polar surface area (TPSA) is 62.1 Å². The number of carbonyl (C=O) groups is 1. The predicted molar refractivity (Wildman–Crippen MR) is 92.5 cm³/mol. The molecule has 1 aromatic heterocycles. The number of hydrogen-bond acceptors (Lipinski definition) is 4. The van der Waals surface area contributed by atoms with E-state index in [1.165, 1.54) is 11.3 Å². The van der Waals surface area contributed by atoms with Crippen molar-refractivity contribution in [2.45, 2.75) is 0 Å². The molecular weight excluding hydrogens is 332 g/mol. The Labute approximate surface area is 141 Å². The van der Waals surface area contributed by atoms with Crippen molar-refractivity contribution in [3.8, 4) is 11.8 Å². The largest absolute Gasteiger partial charge is 0.497 e. The van der Waals surface area contributed by atoms with E-state index < -0.39 is 0 Å². The van der Waals surface area contributed by atoms with Crippen molar-refractivity contribution < 1.29 is 9.53 Å². The summed E-state index contributed by atoms with van der Waals surface area (Å²) in [6.45, 7) is 0. The first kappa shape index (κ1) is 15.3. The van der Waals surface area contributed by atoms with E-state index in [0.29, 0.717) is 21.2 Å². The van der Waals surface area contributed by atoms with Gasteiger partial charge in [0.2, 0.25) is 0 Å². The maximum atomic E-state index is 12.4. The molecule has 6 heteroatoms. The molecule has 23 heavy (non-hydrogen) atoms. The number of rotatable bonds is 3. The first-order valence-corrected chi connectivity index (χ1v) is 7.89. The lowest BCUT2D eigenvalue weighted by molar-refractivity contribution is 0.103. The number of methoxy groups -OCH3 is 1. The molecule has 3 rings (SSSR count). The maximum absolute atomic E-state index is 12.4. The standard InChI is InChI=1S/C17H11ClN2O2S/c1-22-12-6-7-13-14(8-12)23-16(15(13)18)17(21)20-11-4-2-10(9-19)3-5-11/h2-8H,1H3,(H,20,21). The number of hydrogen-bond donors (Lipinski definition) is 1. The molecule has 0 radical (unpaired) electrons. The second kappa shape index (κ2) is 6.29.